The number of anilines is 1. The number of rotatable bonds is 8. The van der Waals surface area contributed by atoms with Crippen molar-refractivity contribution < 1.29 is 13.5 Å². The van der Waals surface area contributed by atoms with Crippen LogP contribution in [0.3, 0.4) is 0 Å². The fraction of sp³-hybridized carbons (Fsp3) is 0.286. The first-order valence-electron chi connectivity index (χ1n) is 9.30. The maximum Gasteiger partial charge on any atom is 0.387 e. The van der Waals surface area contributed by atoms with Crippen LogP contribution < -0.4 is 15.7 Å². The van der Waals surface area contributed by atoms with Crippen LogP contribution in [0.5, 0.6) is 5.75 Å². The summed E-state index contributed by atoms with van der Waals surface area (Å²) in [5.41, 5.74) is 5.21. The molecule has 0 atom stereocenters. The lowest BCUT2D eigenvalue weighted by Crippen LogP contribution is -2.23. The Kier molecular flexibility index (Phi) is 6.54. The second kappa shape index (κ2) is 9.27. The summed E-state index contributed by atoms with van der Waals surface area (Å²) < 4.78 is 30.3. The number of aromatic nitrogens is 2. The van der Waals surface area contributed by atoms with E-state index >= 15 is 0 Å². The van der Waals surface area contributed by atoms with E-state index in [1.54, 1.807) is 28.8 Å². The van der Waals surface area contributed by atoms with Crippen LogP contribution in [-0.4, -0.2) is 21.9 Å². The Bertz CT molecular complexity index is 1060. The minimum atomic E-state index is -2.83. The lowest BCUT2D eigenvalue weighted by atomic mass is 10.1. The summed E-state index contributed by atoms with van der Waals surface area (Å²) in [6.07, 6.45) is 1.35. The van der Waals surface area contributed by atoms with Gasteiger partial charge in [-0.15, -0.1) is 0 Å². The van der Waals surface area contributed by atoms with Gasteiger partial charge in [-0.2, -0.15) is 13.9 Å². The van der Waals surface area contributed by atoms with Crippen LogP contribution in [-0.2, 0) is 13.0 Å². The molecule has 29 heavy (non-hydrogen) atoms. The Morgan fingerprint density at radius 3 is 2.62 bits per heavy atom. The summed E-state index contributed by atoms with van der Waals surface area (Å²) in [6, 6.07) is 13.7. The topological polar surface area (TPSA) is 68.5 Å². The molecule has 2 aromatic carbocycles. The van der Waals surface area contributed by atoms with Gasteiger partial charge in [-0.3, -0.25) is 9.36 Å². The highest BCUT2D eigenvalue weighted by molar-refractivity contribution is 5.83. The lowest BCUT2D eigenvalue weighted by Gasteiger charge is -2.11. The van der Waals surface area contributed by atoms with Crippen molar-refractivity contribution in [3.63, 3.8) is 0 Å². The van der Waals surface area contributed by atoms with Gasteiger partial charge in [0.2, 0.25) is 5.95 Å². The number of alkyl halides is 2. The molecular weight excluding hydrogens is 378 g/mol. The molecular formula is C21H22F2N4O2. The zero-order chi connectivity index (χ0) is 20.8. The molecule has 0 aliphatic rings. The number of nitrogens with zero attached hydrogens (tertiary/aromatic N) is 3. The molecule has 0 radical (unpaired) electrons. The number of aryl methyl sites for hydroxylation is 1. The maximum atomic E-state index is 12.6. The summed E-state index contributed by atoms with van der Waals surface area (Å²) >= 11 is 0. The van der Waals surface area contributed by atoms with Crippen LogP contribution in [0.25, 0.3) is 10.9 Å². The molecule has 0 aliphatic carbocycles. The summed E-state index contributed by atoms with van der Waals surface area (Å²) in [7, 11) is 0. The van der Waals surface area contributed by atoms with Crippen molar-refractivity contribution in [1.29, 1.82) is 0 Å². The van der Waals surface area contributed by atoms with Crippen LogP contribution in [0, 0.1) is 0 Å². The Balaban J connectivity index is 1.67. The van der Waals surface area contributed by atoms with E-state index < -0.39 is 6.61 Å². The number of fused-ring (bicyclic) bond motifs is 1. The first-order chi connectivity index (χ1) is 14.0. The van der Waals surface area contributed by atoms with E-state index in [-0.39, 0.29) is 11.3 Å². The third-order valence-electron chi connectivity index (χ3n) is 4.45. The molecule has 8 heteroatoms. The SMILES string of the molecule is CCn1c(N/N=C(/C)CCc2ccc(OC(F)F)cc2)nc2ccccc2c1=O. The van der Waals surface area contributed by atoms with Gasteiger partial charge in [0.25, 0.3) is 5.56 Å². The second-order valence-corrected chi connectivity index (χ2v) is 6.48. The Morgan fingerprint density at radius 2 is 1.93 bits per heavy atom. The fourth-order valence-electron chi connectivity index (χ4n) is 2.91. The van der Waals surface area contributed by atoms with Crippen LogP contribution >= 0.6 is 0 Å². The van der Waals surface area contributed by atoms with E-state index in [4.69, 9.17) is 0 Å². The average Bonchev–Trinajstić information content (AvgIpc) is 2.71. The van der Waals surface area contributed by atoms with Crippen molar-refractivity contribution in [2.45, 2.75) is 39.8 Å². The molecule has 0 saturated carbocycles. The Morgan fingerprint density at radius 1 is 1.21 bits per heavy atom. The molecule has 0 unspecified atom stereocenters. The molecule has 6 nitrogen and oxygen atoms in total. The maximum absolute atomic E-state index is 12.6. The molecule has 0 spiro atoms. The number of nitrogens with one attached hydrogen (secondary N) is 1. The third kappa shape index (κ3) is 5.16. The summed E-state index contributed by atoms with van der Waals surface area (Å²) in [5.74, 6) is 0.528. The zero-order valence-corrected chi connectivity index (χ0v) is 16.2. The number of benzene rings is 2. The van der Waals surface area contributed by atoms with Crippen LogP contribution in [0.1, 0.15) is 25.8 Å². The Hall–Kier alpha value is -3.29. The van der Waals surface area contributed by atoms with E-state index in [0.29, 0.717) is 36.2 Å². The molecule has 0 amide bonds. The highest BCUT2D eigenvalue weighted by Gasteiger charge is 2.09. The van der Waals surface area contributed by atoms with Gasteiger partial charge in [0.05, 0.1) is 10.9 Å². The fourth-order valence-corrected chi connectivity index (χ4v) is 2.91. The first kappa shape index (κ1) is 20.4. The van der Waals surface area contributed by atoms with Crippen LogP contribution in [0.15, 0.2) is 58.4 Å². The Labute approximate surface area is 166 Å². The smallest absolute Gasteiger partial charge is 0.387 e. The van der Waals surface area contributed by atoms with E-state index in [9.17, 15) is 13.6 Å². The summed E-state index contributed by atoms with van der Waals surface area (Å²) in [4.78, 5) is 17.1. The number of para-hydroxylation sites is 1. The predicted octanol–water partition coefficient (Wildman–Crippen LogP) is 4.44. The molecule has 1 heterocycles. The van der Waals surface area contributed by atoms with Gasteiger partial charge >= 0.3 is 6.61 Å². The molecule has 0 fully saturated rings. The van der Waals surface area contributed by atoms with Gasteiger partial charge in [-0.25, -0.2) is 10.4 Å². The molecule has 0 aliphatic heterocycles. The number of halogens is 2. The summed E-state index contributed by atoms with van der Waals surface area (Å²) in [5, 5.41) is 4.91. The van der Waals surface area contributed by atoms with Gasteiger partial charge < -0.3 is 4.74 Å². The highest BCUT2D eigenvalue weighted by Crippen LogP contribution is 2.16. The van der Waals surface area contributed by atoms with Crippen molar-refractivity contribution in [3.05, 3.63) is 64.4 Å². The van der Waals surface area contributed by atoms with Crippen molar-refractivity contribution in [1.82, 2.24) is 9.55 Å². The number of hydrogen-bond acceptors (Lipinski definition) is 5. The molecule has 3 aromatic rings. The van der Waals surface area contributed by atoms with Gasteiger partial charge in [0.1, 0.15) is 5.75 Å². The van der Waals surface area contributed by atoms with Crippen LogP contribution in [0.4, 0.5) is 14.7 Å². The highest BCUT2D eigenvalue weighted by atomic mass is 19.3. The minimum absolute atomic E-state index is 0.112. The van der Waals surface area contributed by atoms with E-state index in [2.05, 4.69) is 20.2 Å². The van der Waals surface area contributed by atoms with Crippen molar-refractivity contribution in [2.75, 3.05) is 5.43 Å². The van der Waals surface area contributed by atoms with Crippen molar-refractivity contribution in [2.24, 2.45) is 5.10 Å². The predicted molar refractivity (Wildman–Crippen MR) is 110 cm³/mol. The van der Waals surface area contributed by atoms with Gasteiger partial charge in [0.15, 0.2) is 0 Å². The molecule has 1 aromatic heterocycles. The largest absolute Gasteiger partial charge is 0.435 e. The quantitative estimate of drug-likeness (QED) is 0.448. The second-order valence-electron chi connectivity index (χ2n) is 6.48. The molecule has 1 N–H and O–H groups in total. The first-order valence-corrected chi connectivity index (χ1v) is 9.30. The third-order valence-corrected chi connectivity index (χ3v) is 4.45. The van der Waals surface area contributed by atoms with Crippen LogP contribution in [0.2, 0.25) is 0 Å². The molecule has 3 rings (SSSR count). The number of hydrazone groups is 1. The number of hydrogen-bond donors (Lipinski definition) is 1. The standard InChI is InChI=1S/C21H22F2N4O2/c1-3-27-19(28)17-6-4-5-7-18(17)24-21(27)26-25-14(2)8-9-15-10-12-16(13-11-15)29-20(22)23/h4-7,10-13,20H,3,8-9H2,1-2H3,(H,24,26)/b25-14-. The van der Waals surface area contributed by atoms with E-state index in [0.717, 1.165) is 11.3 Å². The van der Waals surface area contributed by atoms with E-state index in [1.165, 1.54) is 12.1 Å². The summed E-state index contributed by atoms with van der Waals surface area (Å²) in [6.45, 7) is 1.39. The van der Waals surface area contributed by atoms with Crippen molar-refractivity contribution in [3.8, 4) is 5.75 Å². The van der Waals surface area contributed by atoms with Gasteiger partial charge in [0, 0.05) is 12.3 Å². The normalized spacial score (nSPS) is 11.8. The zero-order valence-electron chi connectivity index (χ0n) is 16.2. The molecule has 0 saturated heterocycles. The lowest BCUT2D eigenvalue weighted by molar-refractivity contribution is -0.0498. The van der Waals surface area contributed by atoms with Gasteiger partial charge in [-0.1, -0.05) is 24.3 Å². The minimum Gasteiger partial charge on any atom is -0.435 e. The molecule has 0 bridgehead atoms. The number of ether oxygens (including phenoxy) is 1. The molecule has 152 valence electrons. The van der Waals surface area contributed by atoms with Gasteiger partial charge in [-0.05, 0) is 56.5 Å². The van der Waals surface area contributed by atoms with Crippen molar-refractivity contribution >= 4 is 22.6 Å². The van der Waals surface area contributed by atoms with E-state index in [1.807, 2.05) is 26.0 Å². The monoisotopic (exact) mass is 400 g/mol. The average molecular weight is 400 g/mol.